The molecule has 2 heterocycles. The number of carbonyl (C=O) groups is 2. The zero-order valence-corrected chi connectivity index (χ0v) is 16.5. The molecular formula is C20H18N2O6S. The van der Waals surface area contributed by atoms with Crippen molar-refractivity contribution in [1.82, 2.24) is 4.57 Å². The second-order valence-corrected chi connectivity index (χ2v) is 8.53. The summed E-state index contributed by atoms with van der Waals surface area (Å²) < 4.78 is 37.7. The Hall–Kier alpha value is -3.33. The first-order valence-electron chi connectivity index (χ1n) is 8.77. The molecule has 0 aliphatic carbocycles. The fraction of sp³-hybridized carbons (Fsp3) is 0.200. The van der Waals surface area contributed by atoms with Crippen LogP contribution in [0.1, 0.15) is 15.2 Å². The highest BCUT2D eigenvalue weighted by atomic mass is 32.2. The minimum atomic E-state index is -3.62. The highest BCUT2D eigenvalue weighted by Gasteiger charge is 2.36. The third kappa shape index (κ3) is 3.23. The SMILES string of the molecule is COC(=O)c1cn(C(=O)C2CN(S(C)(=O)=O)c3ccccc3O2)c2ccccc12. The Balaban J connectivity index is 1.79. The van der Waals surface area contributed by atoms with Crippen LogP contribution in [0.2, 0.25) is 0 Å². The van der Waals surface area contributed by atoms with Gasteiger partial charge >= 0.3 is 5.97 Å². The molecule has 3 aromatic rings. The summed E-state index contributed by atoms with van der Waals surface area (Å²) in [5.74, 6) is -0.757. The van der Waals surface area contributed by atoms with Crippen LogP contribution in [-0.2, 0) is 14.8 Å². The van der Waals surface area contributed by atoms with Crippen LogP contribution in [0.5, 0.6) is 5.75 Å². The van der Waals surface area contributed by atoms with Gasteiger partial charge in [-0.15, -0.1) is 0 Å². The molecule has 1 aliphatic rings. The molecule has 0 amide bonds. The minimum Gasteiger partial charge on any atom is -0.476 e. The lowest BCUT2D eigenvalue weighted by Gasteiger charge is -2.33. The summed E-state index contributed by atoms with van der Waals surface area (Å²) in [7, 11) is -2.36. The van der Waals surface area contributed by atoms with E-state index in [0.717, 1.165) is 10.6 Å². The molecule has 0 bridgehead atoms. The van der Waals surface area contributed by atoms with E-state index in [2.05, 4.69) is 0 Å². The average molecular weight is 414 g/mol. The summed E-state index contributed by atoms with van der Waals surface area (Å²) in [4.78, 5) is 25.4. The van der Waals surface area contributed by atoms with Crippen LogP contribution in [-0.4, -0.2) is 50.9 Å². The Labute approximate surface area is 167 Å². The quantitative estimate of drug-likeness (QED) is 0.611. The van der Waals surface area contributed by atoms with Gasteiger partial charge in [-0.05, 0) is 18.2 Å². The number of fused-ring (bicyclic) bond motifs is 2. The second kappa shape index (κ2) is 6.93. The van der Waals surface area contributed by atoms with Crippen LogP contribution in [0, 0.1) is 0 Å². The van der Waals surface area contributed by atoms with Crippen molar-refractivity contribution < 1.29 is 27.5 Å². The van der Waals surface area contributed by atoms with E-state index in [9.17, 15) is 18.0 Å². The van der Waals surface area contributed by atoms with E-state index in [0.29, 0.717) is 22.3 Å². The predicted octanol–water partition coefficient (Wildman–Crippen LogP) is 2.30. The van der Waals surface area contributed by atoms with Crippen LogP contribution in [0.15, 0.2) is 54.7 Å². The first-order chi connectivity index (χ1) is 13.8. The number of esters is 1. The molecule has 1 aliphatic heterocycles. The van der Waals surface area contributed by atoms with Gasteiger partial charge in [0.1, 0.15) is 5.75 Å². The lowest BCUT2D eigenvalue weighted by Crippen LogP contribution is -2.48. The van der Waals surface area contributed by atoms with Gasteiger partial charge < -0.3 is 9.47 Å². The summed E-state index contributed by atoms with van der Waals surface area (Å²) in [6, 6.07) is 13.5. The molecule has 1 atom stereocenters. The van der Waals surface area contributed by atoms with Crippen LogP contribution in [0.4, 0.5) is 5.69 Å². The molecule has 8 nitrogen and oxygen atoms in total. The van der Waals surface area contributed by atoms with Gasteiger partial charge in [-0.25, -0.2) is 13.2 Å². The molecule has 0 N–H and O–H groups in total. The average Bonchev–Trinajstić information content (AvgIpc) is 3.11. The Morgan fingerprint density at radius 2 is 1.79 bits per heavy atom. The lowest BCUT2D eigenvalue weighted by molar-refractivity contribution is 0.0602. The van der Waals surface area contributed by atoms with Gasteiger partial charge in [0.15, 0.2) is 6.10 Å². The number of anilines is 1. The fourth-order valence-electron chi connectivity index (χ4n) is 3.43. The Kier molecular flexibility index (Phi) is 4.54. The van der Waals surface area contributed by atoms with Gasteiger partial charge in [0.2, 0.25) is 10.0 Å². The normalized spacial score (nSPS) is 16.2. The minimum absolute atomic E-state index is 0.172. The van der Waals surface area contributed by atoms with E-state index >= 15 is 0 Å². The molecule has 0 fully saturated rings. The van der Waals surface area contributed by atoms with Crippen LogP contribution < -0.4 is 9.04 Å². The predicted molar refractivity (Wildman–Crippen MR) is 107 cm³/mol. The van der Waals surface area contributed by atoms with Crippen molar-refractivity contribution in [2.75, 3.05) is 24.2 Å². The molecule has 1 unspecified atom stereocenters. The third-order valence-electron chi connectivity index (χ3n) is 4.77. The first-order valence-corrected chi connectivity index (χ1v) is 10.6. The van der Waals surface area contributed by atoms with Crippen LogP contribution in [0.25, 0.3) is 10.9 Å². The number of ether oxygens (including phenoxy) is 2. The standard InChI is InChI=1S/C20H18N2O6S/c1-27-20(24)14-11-21(15-8-4-3-7-13(14)15)19(23)18-12-22(29(2,25)26)16-9-5-6-10-17(16)28-18/h3-11,18H,12H2,1-2H3. The number of aromatic nitrogens is 1. The van der Waals surface area contributed by atoms with Gasteiger partial charge in [-0.1, -0.05) is 30.3 Å². The third-order valence-corrected chi connectivity index (χ3v) is 5.91. The van der Waals surface area contributed by atoms with E-state index in [4.69, 9.17) is 9.47 Å². The number of para-hydroxylation sites is 3. The van der Waals surface area contributed by atoms with Crippen molar-refractivity contribution in [3.05, 3.63) is 60.3 Å². The Morgan fingerprint density at radius 1 is 1.10 bits per heavy atom. The van der Waals surface area contributed by atoms with E-state index in [1.807, 2.05) is 0 Å². The number of nitrogens with zero attached hydrogens (tertiary/aromatic N) is 2. The fourth-order valence-corrected chi connectivity index (χ4v) is 4.35. The molecule has 150 valence electrons. The molecule has 2 aromatic carbocycles. The van der Waals surface area contributed by atoms with Crippen molar-refractivity contribution in [2.24, 2.45) is 0 Å². The maximum Gasteiger partial charge on any atom is 0.340 e. The van der Waals surface area contributed by atoms with E-state index in [-0.39, 0.29) is 12.1 Å². The maximum absolute atomic E-state index is 13.3. The number of sulfonamides is 1. The molecule has 0 saturated heterocycles. The van der Waals surface area contributed by atoms with Gasteiger partial charge in [0.25, 0.3) is 5.91 Å². The molecule has 29 heavy (non-hydrogen) atoms. The summed E-state index contributed by atoms with van der Waals surface area (Å²) in [5, 5.41) is 0.559. The number of hydrogen-bond donors (Lipinski definition) is 0. The van der Waals surface area contributed by atoms with Crippen molar-refractivity contribution in [2.45, 2.75) is 6.10 Å². The van der Waals surface area contributed by atoms with E-state index in [1.54, 1.807) is 48.5 Å². The highest BCUT2D eigenvalue weighted by molar-refractivity contribution is 7.92. The highest BCUT2D eigenvalue weighted by Crippen LogP contribution is 2.35. The summed E-state index contributed by atoms with van der Waals surface area (Å²) in [6.07, 6.45) is 1.39. The summed E-state index contributed by atoms with van der Waals surface area (Å²) >= 11 is 0. The van der Waals surface area contributed by atoms with Gasteiger partial charge in [-0.3, -0.25) is 13.7 Å². The van der Waals surface area contributed by atoms with E-state index < -0.39 is 28.0 Å². The van der Waals surface area contributed by atoms with Gasteiger partial charge in [-0.2, -0.15) is 0 Å². The molecule has 9 heteroatoms. The molecule has 1 aromatic heterocycles. The smallest absolute Gasteiger partial charge is 0.340 e. The van der Waals surface area contributed by atoms with Crippen molar-refractivity contribution in [3.8, 4) is 5.75 Å². The second-order valence-electron chi connectivity index (χ2n) is 6.63. The maximum atomic E-state index is 13.3. The largest absolute Gasteiger partial charge is 0.476 e. The zero-order valence-electron chi connectivity index (χ0n) is 15.7. The monoisotopic (exact) mass is 414 g/mol. The molecule has 0 spiro atoms. The molecule has 0 radical (unpaired) electrons. The molecule has 4 rings (SSSR count). The first kappa shape index (κ1) is 19.0. The summed E-state index contributed by atoms with van der Waals surface area (Å²) in [5.41, 5.74) is 1.13. The zero-order chi connectivity index (χ0) is 20.8. The van der Waals surface area contributed by atoms with Gasteiger partial charge in [0, 0.05) is 11.6 Å². The number of carbonyl (C=O) groups excluding carboxylic acids is 2. The van der Waals surface area contributed by atoms with E-state index in [1.165, 1.54) is 17.9 Å². The number of methoxy groups -OCH3 is 1. The Morgan fingerprint density at radius 3 is 2.52 bits per heavy atom. The van der Waals surface area contributed by atoms with Crippen LogP contribution in [0.3, 0.4) is 0 Å². The number of rotatable bonds is 3. The number of benzene rings is 2. The molecule has 0 saturated carbocycles. The van der Waals surface area contributed by atoms with Gasteiger partial charge in [0.05, 0.1) is 36.7 Å². The topological polar surface area (TPSA) is 94.9 Å². The lowest BCUT2D eigenvalue weighted by atomic mass is 10.2. The van der Waals surface area contributed by atoms with Crippen LogP contribution >= 0.6 is 0 Å². The molecular weight excluding hydrogens is 396 g/mol. The van der Waals surface area contributed by atoms with Crippen molar-refractivity contribution in [3.63, 3.8) is 0 Å². The Bertz CT molecular complexity index is 1230. The van der Waals surface area contributed by atoms with Crippen molar-refractivity contribution >= 4 is 38.5 Å². The number of hydrogen-bond acceptors (Lipinski definition) is 6. The van der Waals surface area contributed by atoms with Crippen molar-refractivity contribution in [1.29, 1.82) is 0 Å². The summed E-state index contributed by atoms with van der Waals surface area (Å²) in [6.45, 7) is -0.172.